The maximum absolute atomic E-state index is 4.32. The monoisotopic (exact) mass is 239 g/mol. The van der Waals surface area contributed by atoms with Crippen LogP contribution in [0.5, 0.6) is 0 Å². The minimum absolute atomic E-state index is 1.05. The third kappa shape index (κ3) is 2.96. The molecular formula is C11H14BrN. The van der Waals surface area contributed by atoms with Gasteiger partial charge in [-0.2, -0.15) is 0 Å². The van der Waals surface area contributed by atoms with Crippen LogP contribution in [-0.2, 0) is 0 Å². The first-order valence-electron chi connectivity index (χ1n) is 4.53. The second kappa shape index (κ2) is 5.18. The molecule has 1 nitrogen and oxygen atoms in total. The average Bonchev–Trinajstić information content (AvgIpc) is 2.15. The second-order valence-electron chi connectivity index (χ2n) is 3.01. The van der Waals surface area contributed by atoms with Crippen LogP contribution in [0.3, 0.4) is 0 Å². The third-order valence-corrected chi connectivity index (χ3v) is 2.55. The van der Waals surface area contributed by atoms with E-state index in [2.05, 4.69) is 46.9 Å². The summed E-state index contributed by atoms with van der Waals surface area (Å²) in [6.45, 7) is 4.24. The Hall–Kier alpha value is -0.630. The maximum atomic E-state index is 4.32. The van der Waals surface area contributed by atoms with Crippen LogP contribution in [0.25, 0.3) is 4.48 Å². The van der Waals surface area contributed by atoms with Crippen LogP contribution in [0.2, 0.25) is 0 Å². The maximum Gasteiger partial charge on any atom is 0.0797 e. The van der Waals surface area contributed by atoms with Gasteiger partial charge in [0.2, 0.25) is 0 Å². The fraction of sp³-hybridized carbons (Fsp3) is 0.364. The topological polar surface area (TPSA) is 12.9 Å². The van der Waals surface area contributed by atoms with E-state index in [1.54, 1.807) is 0 Å². The Morgan fingerprint density at radius 3 is 3.00 bits per heavy atom. The van der Waals surface area contributed by atoms with E-state index in [1.165, 1.54) is 12.0 Å². The summed E-state index contributed by atoms with van der Waals surface area (Å²) in [4.78, 5) is 4.32. The van der Waals surface area contributed by atoms with Crippen molar-refractivity contribution in [1.29, 1.82) is 0 Å². The molecule has 1 rings (SSSR count). The summed E-state index contributed by atoms with van der Waals surface area (Å²) in [6, 6.07) is 4.03. The van der Waals surface area contributed by atoms with Crippen molar-refractivity contribution in [2.75, 3.05) is 0 Å². The van der Waals surface area contributed by atoms with Crippen LogP contribution < -0.4 is 0 Å². The number of aryl methyl sites for hydroxylation is 1. The number of pyridine rings is 1. The highest BCUT2D eigenvalue weighted by Gasteiger charge is 2.00. The first kappa shape index (κ1) is 10.5. The molecule has 0 atom stereocenters. The molecule has 0 aliphatic carbocycles. The van der Waals surface area contributed by atoms with Crippen molar-refractivity contribution in [2.24, 2.45) is 0 Å². The van der Waals surface area contributed by atoms with Gasteiger partial charge in [-0.1, -0.05) is 25.5 Å². The van der Waals surface area contributed by atoms with Gasteiger partial charge in [-0.05, 0) is 40.9 Å². The molecule has 0 saturated carbocycles. The number of rotatable bonds is 3. The van der Waals surface area contributed by atoms with Crippen LogP contribution in [0.15, 0.2) is 24.4 Å². The van der Waals surface area contributed by atoms with Crippen molar-refractivity contribution in [1.82, 2.24) is 4.98 Å². The summed E-state index contributed by atoms with van der Waals surface area (Å²) >= 11 is 3.54. The molecule has 0 N–H and O–H groups in total. The fourth-order valence-electron chi connectivity index (χ4n) is 1.10. The normalized spacial score (nSPS) is 11.8. The minimum atomic E-state index is 1.05. The Labute approximate surface area is 88.0 Å². The number of nitrogens with zero attached hydrogens (tertiary/aromatic N) is 1. The molecule has 0 bridgehead atoms. The van der Waals surface area contributed by atoms with Gasteiger partial charge >= 0.3 is 0 Å². The quantitative estimate of drug-likeness (QED) is 0.780. The van der Waals surface area contributed by atoms with Gasteiger partial charge in [-0.25, -0.2) is 0 Å². The van der Waals surface area contributed by atoms with Crippen LogP contribution in [0, 0.1) is 6.92 Å². The van der Waals surface area contributed by atoms with Crippen molar-refractivity contribution in [2.45, 2.75) is 26.7 Å². The summed E-state index contributed by atoms with van der Waals surface area (Å²) < 4.78 is 1.10. The molecule has 1 heterocycles. The van der Waals surface area contributed by atoms with Crippen molar-refractivity contribution >= 4 is 20.4 Å². The summed E-state index contributed by atoms with van der Waals surface area (Å²) in [5, 5.41) is 0. The zero-order chi connectivity index (χ0) is 9.68. The molecular weight excluding hydrogens is 226 g/mol. The van der Waals surface area contributed by atoms with Gasteiger partial charge in [-0.3, -0.25) is 4.98 Å². The Bertz CT molecular complexity index is 305. The summed E-state index contributed by atoms with van der Waals surface area (Å²) in [6.07, 6.45) is 6.26. The molecule has 0 spiro atoms. The largest absolute Gasteiger partial charge is 0.255 e. The predicted octanol–water partition coefficient (Wildman–Crippen LogP) is 3.93. The number of allylic oxidation sites excluding steroid dienone is 1. The molecule has 13 heavy (non-hydrogen) atoms. The first-order chi connectivity index (χ1) is 6.25. The molecule has 0 saturated heterocycles. The lowest BCUT2D eigenvalue weighted by Crippen LogP contribution is -1.87. The molecule has 0 aliphatic heterocycles. The van der Waals surface area contributed by atoms with Crippen LogP contribution in [0.1, 0.15) is 31.0 Å². The lowest BCUT2D eigenvalue weighted by Gasteiger charge is -2.02. The number of hydrogen-bond acceptors (Lipinski definition) is 1. The van der Waals surface area contributed by atoms with Crippen LogP contribution >= 0.6 is 15.9 Å². The number of unbranched alkanes of at least 4 members (excludes halogenated alkanes) is 1. The molecule has 1 aromatic heterocycles. The third-order valence-electron chi connectivity index (χ3n) is 1.85. The molecule has 0 aliphatic rings. The van der Waals surface area contributed by atoms with Gasteiger partial charge in [0.05, 0.1) is 5.69 Å². The van der Waals surface area contributed by atoms with E-state index in [0.717, 1.165) is 16.6 Å². The Kier molecular flexibility index (Phi) is 4.16. The fourth-order valence-corrected chi connectivity index (χ4v) is 1.75. The van der Waals surface area contributed by atoms with E-state index in [9.17, 15) is 0 Å². The van der Waals surface area contributed by atoms with Gasteiger partial charge in [0.15, 0.2) is 0 Å². The lowest BCUT2D eigenvalue weighted by molar-refractivity contribution is 0.961. The Balaban J connectivity index is 2.88. The molecule has 70 valence electrons. The summed E-state index contributed by atoms with van der Waals surface area (Å²) in [5.74, 6) is 0. The van der Waals surface area contributed by atoms with Gasteiger partial charge in [0, 0.05) is 10.7 Å². The summed E-state index contributed by atoms with van der Waals surface area (Å²) in [7, 11) is 0. The Morgan fingerprint density at radius 2 is 2.38 bits per heavy atom. The van der Waals surface area contributed by atoms with Gasteiger partial charge in [-0.15, -0.1) is 0 Å². The van der Waals surface area contributed by atoms with E-state index in [1.807, 2.05) is 12.3 Å². The van der Waals surface area contributed by atoms with E-state index < -0.39 is 0 Å². The Morgan fingerprint density at radius 1 is 1.62 bits per heavy atom. The smallest absolute Gasteiger partial charge is 0.0797 e. The van der Waals surface area contributed by atoms with Gasteiger partial charge in [0.1, 0.15) is 0 Å². The highest BCUT2D eigenvalue weighted by molar-refractivity contribution is 9.15. The lowest BCUT2D eigenvalue weighted by atomic mass is 10.2. The standard InChI is InChI=1S/C11H14BrN/c1-3-4-7-10(12)11-9(2)6-5-8-13-11/h5-8H,3-4H2,1-2H3/b10-7+. The minimum Gasteiger partial charge on any atom is -0.255 e. The van der Waals surface area contributed by atoms with Crippen molar-refractivity contribution < 1.29 is 0 Å². The molecule has 0 radical (unpaired) electrons. The van der Waals surface area contributed by atoms with Gasteiger partial charge in [0.25, 0.3) is 0 Å². The van der Waals surface area contributed by atoms with E-state index >= 15 is 0 Å². The van der Waals surface area contributed by atoms with Crippen LogP contribution in [-0.4, -0.2) is 4.98 Å². The zero-order valence-corrected chi connectivity index (χ0v) is 9.63. The molecule has 0 amide bonds. The second-order valence-corrected chi connectivity index (χ2v) is 3.86. The molecule has 1 aromatic rings. The number of halogens is 1. The molecule has 0 unspecified atom stereocenters. The van der Waals surface area contributed by atoms with Crippen molar-refractivity contribution in [3.63, 3.8) is 0 Å². The molecule has 0 fully saturated rings. The summed E-state index contributed by atoms with van der Waals surface area (Å²) in [5.41, 5.74) is 2.26. The van der Waals surface area contributed by atoms with Crippen LogP contribution in [0.4, 0.5) is 0 Å². The SMILES string of the molecule is CCC/C=C(/Br)c1ncccc1C. The van der Waals surface area contributed by atoms with E-state index in [4.69, 9.17) is 0 Å². The zero-order valence-electron chi connectivity index (χ0n) is 8.05. The highest BCUT2D eigenvalue weighted by atomic mass is 79.9. The molecule has 0 aromatic carbocycles. The number of hydrogen-bond donors (Lipinski definition) is 0. The van der Waals surface area contributed by atoms with Crippen molar-refractivity contribution in [3.8, 4) is 0 Å². The average molecular weight is 240 g/mol. The number of aromatic nitrogens is 1. The highest BCUT2D eigenvalue weighted by Crippen LogP contribution is 2.22. The van der Waals surface area contributed by atoms with Crippen molar-refractivity contribution in [3.05, 3.63) is 35.7 Å². The van der Waals surface area contributed by atoms with E-state index in [-0.39, 0.29) is 0 Å². The first-order valence-corrected chi connectivity index (χ1v) is 5.32. The van der Waals surface area contributed by atoms with E-state index in [0.29, 0.717) is 0 Å². The molecule has 2 heteroatoms. The predicted molar refractivity (Wildman–Crippen MR) is 60.8 cm³/mol. The van der Waals surface area contributed by atoms with Gasteiger partial charge < -0.3 is 0 Å².